The van der Waals surface area contributed by atoms with Crippen molar-refractivity contribution in [2.75, 3.05) is 17.7 Å². The molecule has 5 heteroatoms. The number of para-hydroxylation sites is 2. The number of pyridine rings is 2. The van der Waals surface area contributed by atoms with Gasteiger partial charge in [-0.25, -0.2) is 4.98 Å². The fourth-order valence-electron chi connectivity index (χ4n) is 3.23. The van der Waals surface area contributed by atoms with E-state index in [-0.39, 0.29) is 5.43 Å². The number of nitrogens with zero attached hydrogens (tertiary/aromatic N) is 2. The first-order chi connectivity index (χ1) is 13.2. The van der Waals surface area contributed by atoms with Gasteiger partial charge in [0.1, 0.15) is 5.82 Å². The van der Waals surface area contributed by atoms with Crippen LogP contribution < -0.4 is 16.1 Å². The number of hydrogen-bond donors (Lipinski definition) is 2. The summed E-state index contributed by atoms with van der Waals surface area (Å²) in [4.78, 5) is 17.6. The van der Waals surface area contributed by atoms with Crippen molar-refractivity contribution in [3.05, 3.63) is 88.7 Å². The molecule has 0 bridgehead atoms. The predicted molar refractivity (Wildman–Crippen MR) is 111 cm³/mol. The van der Waals surface area contributed by atoms with Crippen LogP contribution in [-0.2, 0) is 0 Å². The zero-order valence-electron chi connectivity index (χ0n) is 15.2. The molecule has 27 heavy (non-hydrogen) atoms. The topological polar surface area (TPSA) is 59.0 Å². The summed E-state index contributed by atoms with van der Waals surface area (Å²) in [5, 5.41) is 7.06. The summed E-state index contributed by atoms with van der Waals surface area (Å²) >= 11 is 0. The van der Waals surface area contributed by atoms with E-state index in [2.05, 4.69) is 10.6 Å². The Bertz CT molecular complexity index is 1150. The fraction of sp³-hybridized carbons (Fsp3) is 0.0909. The van der Waals surface area contributed by atoms with E-state index in [0.29, 0.717) is 16.9 Å². The molecule has 2 N–H and O–H groups in total. The number of benzene rings is 2. The number of aryl methyl sites for hydroxylation is 1. The molecule has 4 rings (SSSR count). The second-order valence-electron chi connectivity index (χ2n) is 6.32. The Labute approximate surface area is 157 Å². The van der Waals surface area contributed by atoms with Crippen LogP contribution in [0.5, 0.6) is 0 Å². The first kappa shape index (κ1) is 16.8. The molecule has 4 aromatic rings. The Morgan fingerprint density at radius 1 is 0.926 bits per heavy atom. The van der Waals surface area contributed by atoms with E-state index in [1.807, 2.05) is 85.3 Å². The largest absolute Gasteiger partial charge is 0.387 e. The molecule has 0 aliphatic carbocycles. The van der Waals surface area contributed by atoms with Gasteiger partial charge in [0, 0.05) is 30.2 Å². The molecule has 0 radical (unpaired) electrons. The van der Waals surface area contributed by atoms with Crippen LogP contribution in [-0.4, -0.2) is 16.6 Å². The zero-order chi connectivity index (χ0) is 18.8. The van der Waals surface area contributed by atoms with Gasteiger partial charge in [-0.15, -0.1) is 0 Å². The van der Waals surface area contributed by atoms with Gasteiger partial charge in [-0.1, -0.05) is 36.4 Å². The highest BCUT2D eigenvalue weighted by molar-refractivity contribution is 5.92. The summed E-state index contributed by atoms with van der Waals surface area (Å²) in [5.41, 5.74) is 4.00. The van der Waals surface area contributed by atoms with Gasteiger partial charge in [0.05, 0.1) is 11.1 Å². The summed E-state index contributed by atoms with van der Waals surface area (Å²) in [6.45, 7) is 1.93. The highest BCUT2D eigenvalue weighted by Crippen LogP contribution is 2.27. The van der Waals surface area contributed by atoms with E-state index < -0.39 is 0 Å². The minimum atomic E-state index is -0.0764. The highest BCUT2D eigenvalue weighted by Gasteiger charge is 2.16. The molecule has 0 aliphatic rings. The Hall–Kier alpha value is -3.60. The Kier molecular flexibility index (Phi) is 4.34. The molecular weight excluding hydrogens is 336 g/mol. The first-order valence-electron chi connectivity index (χ1n) is 8.80. The number of fused-ring (bicyclic) bond motifs is 1. The van der Waals surface area contributed by atoms with Crippen LogP contribution in [0.3, 0.4) is 0 Å². The molecule has 2 aromatic heterocycles. The molecule has 2 aromatic carbocycles. The van der Waals surface area contributed by atoms with Crippen molar-refractivity contribution in [3.63, 3.8) is 0 Å². The van der Waals surface area contributed by atoms with Crippen molar-refractivity contribution in [2.45, 2.75) is 6.92 Å². The molecule has 0 atom stereocenters. The maximum absolute atomic E-state index is 12.9. The lowest BCUT2D eigenvalue weighted by Crippen LogP contribution is -2.15. The lowest BCUT2D eigenvalue weighted by atomic mass is 10.2. The predicted octanol–water partition coefficient (Wildman–Crippen LogP) is 4.48. The van der Waals surface area contributed by atoms with Gasteiger partial charge in [-0.05, 0) is 37.3 Å². The molecule has 0 fully saturated rings. The van der Waals surface area contributed by atoms with E-state index in [1.54, 1.807) is 6.07 Å². The number of hydrogen-bond acceptors (Lipinski definition) is 4. The van der Waals surface area contributed by atoms with Crippen molar-refractivity contribution in [1.82, 2.24) is 9.55 Å². The van der Waals surface area contributed by atoms with Crippen LogP contribution >= 0.6 is 0 Å². The monoisotopic (exact) mass is 356 g/mol. The van der Waals surface area contributed by atoms with Crippen LogP contribution in [0.1, 0.15) is 5.69 Å². The fourth-order valence-corrected chi connectivity index (χ4v) is 3.23. The summed E-state index contributed by atoms with van der Waals surface area (Å²) in [6.07, 6.45) is 0. The Balaban J connectivity index is 2.07. The van der Waals surface area contributed by atoms with Crippen molar-refractivity contribution < 1.29 is 0 Å². The van der Waals surface area contributed by atoms with Gasteiger partial charge >= 0.3 is 0 Å². The maximum Gasteiger partial charge on any atom is 0.195 e. The normalized spacial score (nSPS) is 10.7. The smallest absolute Gasteiger partial charge is 0.195 e. The van der Waals surface area contributed by atoms with Crippen molar-refractivity contribution in [1.29, 1.82) is 0 Å². The third-order valence-corrected chi connectivity index (χ3v) is 4.43. The molecule has 2 heterocycles. The lowest BCUT2D eigenvalue weighted by molar-refractivity contribution is 1.05. The average molecular weight is 356 g/mol. The zero-order valence-corrected chi connectivity index (χ0v) is 15.2. The number of nitrogens with one attached hydrogen (secondary N) is 2. The molecular formula is C22H20N4O. The number of aromatic nitrogens is 2. The molecule has 5 nitrogen and oxygen atoms in total. The first-order valence-corrected chi connectivity index (χ1v) is 8.80. The van der Waals surface area contributed by atoms with E-state index in [4.69, 9.17) is 4.98 Å². The van der Waals surface area contributed by atoms with Gasteiger partial charge in [-0.3, -0.25) is 9.36 Å². The molecule has 0 amide bonds. The minimum absolute atomic E-state index is 0.0764. The van der Waals surface area contributed by atoms with Crippen molar-refractivity contribution in [3.8, 4) is 5.69 Å². The maximum atomic E-state index is 12.9. The standard InChI is InChI=1S/C22H20N4O/c1-15-13-18(23-2)21-19(27)14-20(25-16-9-5-3-6-10-16)26(22(21)24-15)17-11-7-4-8-12-17/h3-14,25H,1-2H3,(H,23,24). The second kappa shape index (κ2) is 6.96. The molecule has 0 saturated carbocycles. The SMILES string of the molecule is CNc1cc(C)nc2c1c(=O)cc(Nc1ccccc1)n2-c1ccccc1. The molecule has 0 saturated heterocycles. The minimum Gasteiger partial charge on any atom is -0.387 e. The van der Waals surface area contributed by atoms with Crippen LogP contribution in [0.25, 0.3) is 16.7 Å². The molecule has 0 aliphatic heterocycles. The van der Waals surface area contributed by atoms with Gasteiger partial charge in [0.2, 0.25) is 0 Å². The van der Waals surface area contributed by atoms with Crippen LogP contribution in [0.2, 0.25) is 0 Å². The number of anilines is 3. The van der Waals surface area contributed by atoms with Crippen LogP contribution in [0.4, 0.5) is 17.2 Å². The molecule has 134 valence electrons. The van der Waals surface area contributed by atoms with Gasteiger partial charge < -0.3 is 10.6 Å². The summed E-state index contributed by atoms with van der Waals surface area (Å²) in [5.74, 6) is 0.671. The summed E-state index contributed by atoms with van der Waals surface area (Å²) < 4.78 is 1.98. The average Bonchev–Trinajstić information content (AvgIpc) is 2.68. The van der Waals surface area contributed by atoms with Crippen LogP contribution in [0, 0.1) is 6.92 Å². The van der Waals surface area contributed by atoms with Crippen LogP contribution in [0.15, 0.2) is 77.6 Å². The summed E-state index contributed by atoms with van der Waals surface area (Å²) in [7, 11) is 1.82. The Morgan fingerprint density at radius 2 is 1.59 bits per heavy atom. The third kappa shape index (κ3) is 3.15. The van der Waals surface area contributed by atoms with E-state index in [0.717, 1.165) is 22.8 Å². The van der Waals surface area contributed by atoms with E-state index >= 15 is 0 Å². The molecule has 0 spiro atoms. The number of rotatable bonds is 4. The highest BCUT2D eigenvalue weighted by atomic mass is 16.1. The van der Waals surface area contributed by atoms with Crippen molar-refractivity contribution >= 4 is 28.2 Å². The van der Waals surface area contributed by atoms with Gasteiger partial charge in [0.25, 0.3) is 0 Å². The third-order valence-electron chi connectivity index (χ3n) is 4.43. The Morgan fingerprint density at radius 3 is 2.26 bits per heavy atom. The summed E-state index contributed by atoms with van der Waals surface area (Å²) in [6, 6.07) is 23.2. The van der Waals surface area contributed by atoms with Gasteiger partial charge in [0.15, 0.2) is 11.1 Å². The molecule has 0 unspecified atom stereocenters. The lowest BCUT2D eigenvalue weighted by Gasteiger charge is -2.19. The second-order valence-corrected chi connectivity index (χ2v) is 6.32. The van der Waals surface area contributed by atoms with Gasteiger partial charge in [-0.2, -0.15) is 0 Å². The van der Waals surface area contributed by atoms with E-state index in [1.165, 1.54) is 0 Å². The van der Waals surface area contributed by atoms with Crippen molar-refractivity contribution in [2.24, 2.45) is 0 Å². The quantitative estimate of drug-likeness (QED) is 0.566. The van der Waals surface area contributed by atoms with E-state index in [9.17, 15) is 4.79 Å².